The largest absolute Gasteiger partial charge is 0.338 e. The quantitative estimate of drug-likeness (QED) is 0.714. The number of carbonyl (C=O) groups is 1. The van der Waals surface area contributed by atoms with E-state index in [1.54, 1.807) is 0 Å². The molecular formula is C19H31N5O. The SMILES string of the molecule is CCCc1ccc(C2CC(NC(=O)CN3CCN(C)CC3)NN2)cc1. The second-order valence-corrected chi connectivity index (χ2v) is 7.27. The van der Waals surface area contributed by atoms with Gasteiger partial charge in [0.2, 0.25) is 5.91 Å². The Morgan fingerprint density at radius 2 is 1.88 bits per heavy atom. The molecule has 3 rings (SSSR count). The van der Waals surface area contributed by atoms with E-state index in [9.17, 15) is 4.79 Å². The Labute approximate surface area is 150 Å². The number of hydrogen-bond acceptors (Lipinski definition) is 5. The van der Waals surface area contributed by atoms with Crippen molar-refractivity contribution >= 4 is 5.91 Å². The second kappa shape index (κ2) is 8.76. The molecule has 138 valence electrons. The molecule has 1 aromatic rings. The summed E-state index contributed by atoms with van der Waals surface area (Å²) in [5.41, 5.74) is 9.17. The van der Waals surface area contributed by atoms with E-state index in [1.807, 2.05) is 0 Å². The minimum absolute atomic E-state index is 0.0136. The molecule has 2 aliphatic heterocycles. The summed E-state index contributed by atoms with van der Waals surface area (Å²) in [6.07, 6.45) is 3.15. The Kier molecular flexibility index (Phi) is 6.42. The Morgan fingerprint density at radius 1 is 1.16 bits per heavy atom. The lowest BCUT2D eigenvalue weighted by Crippen LogP contribution is -2.51. The van der Waals surface area contributed by atoms with Crippen LogP contribution in [0.25, 0.3) is 0 Å². The highest BCUT2D eigenvalue weighted by Gasteiger charge is 2.26. The van der Waals surface area contributed by atoms with Crippen molar-refractivity contribution in [3.05, 3.63) is 35.4 Å². The van der Waals surface area contributed by atoms with Crippen molar-refractivity contribution in [2.24, 2.45) is 0 Å². The van der Waals surface area contributed by atoms with Gasteiger partial charge >= 0.3 is 0 Å². The van der Waals surface area contributed by atoms with Crippen molar-refractivity contribution in [3.63, 3.8) is 0 Å². The standard InChI is InChI=1S/C19H31N5O/c1-3-4-15-5-7-16(8-6-15)17-13-18(22-21-17)20-19(25)14-24-11-9-23(2)10-12-24/h5-8,17-18,21-22H,3-4,9-14H2,1-2H3,(H,20,25). The van der Waals surface area contributed by atoms with Gasteiger partial charge in [0.25, 0.3) is 0 Å². The number of hydrazine groups is 1. The molecule has 6 nitrogen and oxygen atoms in total. The zero-order valence-electron chi connectivity index (χ0n) is 15.4. The molecule has 0 aromatic heterocycles. The first-order valence-electron chi connectivity index (χ1n) is 9.44. The zero-order chi connectivity index (χ0) is 17.6. The predicted octanol–water partition coefficient (Wildman–Crippen LogP) is 0.868. The monoisotopic (exact) mass is 345 g/mol. The molecule has 0 saturated carbocycles. The first-order chi connectivity index (χ1) is 12.1. The maximum Gasteiger partial charge on any atom is 0.235 e. The lowest BCUT2D eigenvalue weighted by molar-refractivity contribution is -0.123. The summed E-state index contributed by atoms with van der Waals surface area (Å²) >= 11 is 0. The number of piperazine rings is 1. The van der Waals surface area contributed by atoms with Crippen LogP contribution in [0.3, 0.4) is 0 Å². The smallest absolute Gasteiger partial charge is 0.235 e. The highest BCUT2D eigenvalue weighted by molar-refractivity contribution is 5.78. The van der Waals surface area contributed by atoms with Gasteiger partial charge in [-0.1, -0.05) is 37.6 Å². The summed E-state index contributed by atoms with van der Waals surface area (Å²) in [6, 6.07) is 9.04. The molecule has 1 aromatic carbocycles. The Balaban J connectivity index is 1.43. The van der Waals surface area contributed by atoms with Gasteiger partial charge in [-0.2, -0.15) is 0 Å². The summed E-state index contributed by atoms with van der Waals surface area (Å²) in [7, 11) is 2.13. The van der Waals surface area contributed by atoms with Crippen LogP contribution in [-0.4, -0.2) is 61.6 Å². The second-order valence-electron chi connectivity index (χ2n) is 7.27. The lowest BCUT2D eigenvalue weighted by atomic mass is 10.0. The van der Waals surface area contributed by atoms with Gasteiger partial charge in [0.1, 0.15) is 0 Å². The third kappa shape index (κ3) is 5.25. The van der Waals surface area contributed by atoms with Crippen LogP contribution in [0.4, 0.5) is 0 Å². The van der Waals surface area contributed by atoms with Crippen LogP contribution in [0, 0.1) is 0 Å². The fourth-order valence-corrected chi connectivity index (χ4v) is 3.52. The normalized spacial score (nSPS) is 25.2. The molecule has 1 amide bonds. The Bertz CT molecular complexity index is 553. The summed E-state index contributed by atoms with van der Waals surface area (Å²) in [4.78, 5) is 16.8. The molecule has 2 saturated heterocycles. The zero-order valence-corrected chi connectivity index (χ0v) is 15.4. The van der Waals surface area contributed by atoms with E-state index in [1.165, 1.54) is 17.5 Å². The van der Waals surface area contributed by atoms with Gasteiger partial charge in [0.05, 0.1) is 12.7 Å². The number of nitrogens with one attached hydrogen (secondary N) is 3. The van der Waals surface area contributed by atoms with Crippen LogP contribution in [-0.2, 0) is 11.2 Å². The summed E-state index contributed by atoms with van der Waals surface area (Å²) < 4.78 is 0. The van der Waals surface area contributed by atoms with E-state index in [4.69, 9.17) is 0 Å². The first-order valence-corrected chi connectivity index (χ1v) is 9.44. The minimum Gasteiger partial charge on any atom is -0.338 e. The highest BCUT2D eigenvalue weighted by atomic mass is 16.2. The van der Waals surface area contributed by atoms with Gasteiger partial charge in [-0.15, -0.1) is 0 Å². The van der Waals surface area contributed by atoms with Crippen molar-refractivity contribution in [1.29, 1.82) is 0 Å². The average molecular weight is 345 g/mol. The Morgan fingerprint density at radius 3 is 2.56 bits per heavy atom. The van der Waals surface area contributed by atoms with Crippen molar-refractivity contribution in [2.45, 2.75) is 38.4 Å². The molecule has 2 unspecified atom stereocenters. The molecule has 0 aliphatic carbocycles. The van der Waals surface area contributed by atoms with Crippen LogP contribution in [0.15, 0.2) is 24.3 Å². The molecular weight excluding hydrogens is 314 g/mol. The van der Waals surface area contributed by atoms with E-state index >= 15 is 0 Å². The lowest BCUT2D eigenvalue weighted by Gasteiger charge is -2.32. The van der Waals surface area contributed by atoms with E-state index < -0.39 is 0 Å². The number of amides is 1. The molecule has 2 heterocycles. The van der Waals surface area contributed by atoms with Crippen LogP contribution >= 0.6 is 0 Å². The number of carbonyl (C=O) groups excluding carboxylic acids is 1. The molecule has 0 spiro atoms. The first kappa shape index (κ1) is 18.3. The van der Waals surface area contributed by atoms with Gasteiger partial charge < -0.3 is 10.2 Å². The van der Waals surface area contributed by atoms with Gasteiger partial charge in [-0.25, -0.2) is 10.9 Å². The molecule has 0 bridgehead atoms. The number of aryl methyl sites for hydroxylation is 1. The van der Waals surface area contributed by atoms with Gasteiger partial charge in [0, 0.05) is 38.6 Å². The van der Waals surface area contributed by atoms with E-state index in [0.29, 0.717) is 6.54 Å². The van der Waals surface area contributed by atoms with Gasteiger partial charge in [-0.3, -0.25) is 9.69 Å². The molecule has 25 heavy (non-hydrogen) atoms. The molecule has 3 N–H and O–H groups in total. The minimum atomic E-state index is -0.0136. The van der Waals surface area contributed by atoms with Gasteiger partial charge in [0.15, 0.2) is 0 Å². The van der Waals surface area contributed by atoms with Crippen LogP contribution < -0.4 is 16.2 Å². The fraction of sp³-hybridized carbons (Fsp3) is 0.632. The maximum absolute atomic E-state index is 12.3. The van der Waals surface area contributed by atoms with Crippen molar-refractivity contribution in [2.75, 3.05) is 39.8 Å². The molecule has 2 aliphatic rings. The van der Waals surface area contributed by atoms with E-state index in [2.05, 4.69) is 64.2 Å². The number of nitrogens with zero attached hydrogens (tertiary/aromatic N) is 2. The topological polar surface area (TPSA) is 59.6 Å². The number of likely N-dealkylation sites (N-methyl/N-ethyl adjacent to an activating group) is 1. The summed E-state index contributed by atoms with van der Waals surface area (Å²) in [5.74, 6) is 0.0998. The number of benzene rings is 1. The summed E-state index contributed by atoms with van der Waals surface area (Å²) in [6.45, 7) is 6.69. The third-order valence-corrected chi connectivity index (χ3v) is 5.12. The average Bonchev–Trinajstić information content (AvgIpc) is 3.06. The van der Waals surface area contributed by atoms with Gasteiger partial charge in [-0.05, 0) is 24.6 Å². The summed E-state index contributed by atoms with van der Waals surface area (Å²) in [5, 5.41) is 3.10. The van der Waals surface area contributed by atoms with Crippen LogP contribution in [0.5, 0.6) is 0 Å². The maximum atomic E-state index is 12.3. The Hall–Kier alpha value is -1.47. The fourth-order valence-electron chi connectivity index (χ4n) is 3.52. The van der Waals surface area contributed by atoms with Crippen LogP contribution in [0.1, 0.15) is 36.9 Å². The molecule has 2 fully saturated rings. The van der Waals surface area contributed by atoms with E-state index in [0.717, 1.165) is 39.0 Å². The third-order valence-electron chi connectivity index (χ3n) is 5.12. The van der Waals surface area contributed by atoms with Crippen molar-refractivity contribution in [3.8, 4) is 0 Å². The highest BCUT2D eigenvalue weighted by Crippen LogP contribution is 2.22. The molecule has 6 heteroatoms. The predicted molar refractivity (Wildman–Crippen MR) is 99.9 cm³/mol. The number of rotatable bonds is 6. The van der Waals surface area contributed by atoms with Crippen molar-refractivity contribution < 1.29 is 4.79 Å². The number of hydrogen-bond donors (Lipinski definition) is 3. The molecule has 0 radical (unpaired) electrons. The van der Waals surface area contributed by atoms with Crippen molar-refractivity contribution in [1.82, 2.24) is 26.0 Å². The van der Waals surface area contributed by atoms with E-state index in [-0.39, 0.29) is 18.1 Å². The van der Waals surface area contributed by atoms with Crippen LogP contribution in [0.2, 0.25) is 0 Å². The molecule has 2 atom stereocenters.